The predicted octanol–water partition coefficient (Wildman–Crippen LogP) is 1.71. The SMILES string of the molecule is P=NCI. The summed E-state index contributed by atoms with van der Waals surface area (Å²) in [5.41, 5.74) is 0. The zero-order valence-corrected chi connectivity index (χ0v) is 5.19. The zero-order valence-electron chi connectivity index (χ0n) is 2.03. The summed E-state index contributed by atoms with van der Waals surface area (Å²) in [5.74, 6) is 0. The number of alkyl halides is 1. The molecule has 1 nitrogen and oxygen atoms in total. The lowest BCUT2D eigenvalue weighted by Gasteiger charge is -1.57. The van der Waals surface area contributed by atoms with Gasteiger partial charge in [-0.05, 0) is 9.03 Å². The molecule has 0 spiro atoms. The van der Waals surface area contributed by atoms with E-state index in [4.69, 9.17) is 0 Å². The number of hydrogen-bond acceptors (Lipinski definition) is 1. The van der Waals surface area contributed by atoms with E-state index in [-0.39, 0.29) is 0 Å². The molecule has 0 amide bonds. The van der Waals surface area contributed by atoms with E-state index in [9.17, 15) is 0 Å². The molecule has 0 unspecified atom stereocenters. The monoisotopic (exact) mass is 187 g/mol. The molecule has 0 aliphatic carbocycles. The summed E-state index contributed by atoms with van der Waals surface area (Å²) in [6.07, 6.45) is 0. The summed E-state index contributed by atoms with van der Waals surface area (Å²) in [7, 11) is 2.91. The maximum absolute atomic E-state index is 3.53. The van der Waals surface area contributed by atoms with Crippen molar-refractivity contribution in [1.82, 2.24) is 0 Å². The Balaban J connectivity index is 2.30. The third-order valence-corrected chi connectivity index (χ3v) is 1.20. The van der Waals surface area contributed by atoms with Gasteiger partial charge in [0.15, 0.2) is 0 Å². The molecule has 0 fully saturated rings. The summed E-state index contributed by atoms with van der Waals surface area (Å²) in [6.45, 7) is 0. The molecular weight excluding hydrogens is 184 g/mol. The summed E-state index contributed by atoms with van der Waals surface area (Å²) in [4.78, 5) is 0. The van der Waals surface area contributed by atoms with Crippen LogP contribution in [0.15, 0.2) is 4.74 Å². The Morgan fingerprint density at radius 3 is 2.25 bits per heavy atom. The van der Waals surface area contributed by atoms with Crippen molar-refractivity contribution < 1.29 is 0 Å². The van der Waals surface area contributed by atoms with Gasteiger partial charge in [0.2, 0.25) is 0 Å². The van der Waals surface area contributed by atoms with Gasteiger partial charge in [-0.2, -0.15) is 0 Å². The van der Waals surface area contributed by atoms with Crippen LogP contribution in [0.5, 0.6) is 0 Å². The number of hydrogen-bond donors (Lipinski definition) is 0. The van der Waals surface area contributed by atoms with Crippen LogP contribution in [0.25, 0.3) is 0 Å². The minimum absolute atomic E-state index is 0.828. The van der Waals surface area contributed by atoms with Crippen LogP contribution in [0.2, 0.25) is 0 Å². The summed E-state index contributed by atoms with van der Waals surface area (Å²) in [6, 6.07) is 0. The molecule has 0 saturated carbocycles. The normalized spacial score (nSPS) is 6.25. The minimum atomic E-state index is 0.828. The first-order valence-corrected chi connectivity index (χ1v) is 2.78. The average molecular weight is 187 g/mol. The van der Waals surface area contributed by atoms with Gasteiger partial charge in [-0.15, -0.1) is 0 Å². The van der Waals surface area contributed by atoms with E-state index in [1.54, 1.807) is 0 Å². The van der Waals surface area contributed by atoms with E-state index in [1.165, 1.54) is 0 Å². The highest BCUT2D eigenvalue weighted by Gasteiger charge is 1.47. The molecule has 3 heteroatoms. The van der Waals surface area contributed by atoms with Gasteiger partial charge in [-0.3, -0.25) is 4.74 Å². The molecule has 0 aromatic heterocycles. The van der Waals surface area contributed by atoms with Gasteiger partial charge in [0, 0.05) is 0 Å². The average Bonchev–Trinajstić information content (AvgIpc) is 1.37. The van der Waals surface area contributed by atoms with E-state index in [0.717, 1.165) is 4.55 Å². The molecule has 0 aliphatic heterocycles. The van der Waals surface area contributed by atoms with Gasteiger partial charge in [-0.1, -0.05) is 22.6 Å². The van der Waals surface area contributed by atoms with Gasteiger partial charge in [0.1, 0.15) is 0 Å². The highest BCUT2D eigenvalue weighted by molar-refractivity contribution is 14.1. The van der Waals surface area contributed by atoms with E-state index in [1.807, 2.05) is 0 Å². The Hall–Kier alpha value is 0.830. The Bertz CT molecular complexity index is 22.0. The fourth-order valence-corrected chi connectivity index (χ4v) is 0. The molecule has 0 bridgehead atoms. The molecule has 0 aromatic carbocycles. The van der Waals surface area contributed by atoms with Crippen molar-refractivity contribution >= 4 is 31.6 Å². The van der Waals surface area contributed by atoms with Crippen molar-refractivity contribution in [3.63, 3.8) is 0 Å². The second-order valence-corrected chi connectivity index (χ2v) is 1.28. The van der Waals surface area contributed by atoms with Crippen LogP contribution in [0.4, 0.5) is 0 Å². The quantitative estimate of drug-likeness (QED) is 0.256. The standard InChI is InChI=1S/CH3INP/c2-1-3-4/h4H,1H2. The third-order valence-electron chi connectivity index (χ3n) is 0.0598. The maximum atomic E-state index is 3.53. The van der Waals surface area contributed by atoms with E-state index in [0.29, 0.717) is 0 Å². The Labute approximate surface area is 41.2 Å². The van der Waals surface area contributed by atoms with Crippen LogP contribution in [0, 0.1) is 0 Å². The summed E-state index contributed by atoms with van der Waals surface area (Å²) in [5, 5.41) is 0. The number of nitrogens with zero attached hydrogens (tertiary/aromatic N) is 1. The van der Waals surface area contributed by atoms with Gasteiger partial charge < -0.3 is 0 Å². The van der Waals surface area contributed by atoms with E-state index >= 15 is 0 Å². The van der Waals surface area contributed by atoms with E-state index < -0.39 is 0 Å². The Morgan fingerprint density at radius 2 is 2.25 bits per heavy atom. The van der Waals surface area contributed by atoms with Gasteiger partial charge in [0.25, 0.3) is 0 Å². The molecule has 0 aliphatic rings. The Morgan fingerprint density at radius 1 is 2.00 bits per heavy atom. The van der Waals surface area contributed by atoms with Crippen molar-refractivity contribution in [3.05, 3.63) is 0 Å². The Kier molecular flexibility index (Phi) is 4.62. The summed E-state index contributed by atoms with van der Waals surface area (Å²) < 4.78 is 4.36. The topological polar surface area (TPSA) is 12.4 Å². The summed E-state index contributed by atoms with van der Waals surface area (Å²) >= 11 is 2.14. The van der Waals surface area contributed by atoms with Crippen LogP contribution >= 0.6 is 31.6 Å². The minimum Gasteiger partial charge on any atom is -0.262 e. The lowest BCUT2D eigenvalue weighted by Crippen LogP contribution is -1.39. The molecule has 0 heterocycles. The fourth-order valence-electron chi connectivity index (χ4n) is 0. The third kappa shape index (κ3) is 2.83. The first kappa shape index (κ1) is 4.83. The number of halogens is 1. The predicted molar refractivity (Wildman–Crippen MR) is 29.6 cm³/mol. The van der Waals surface area contributed by atoms with Crippen molar-refractivity contribution in [1.29, 1.82) is 0 Å². The van der Waals surface area contributed by atoms with Gasteiger partial charge in [-0.25, -0.2) is 0 Å². The van der Waals surface area contributed by atoms with Crippen molar-refractivity contribution in [2.45, 2.75) is 0 Å². The van der Waals surface area contributed by atoms with Crippen molar-refractivity contribution in [2.75, 3.05) is 4.55 Å². The smallest absolute Gasteiger partial charge is 0.0944 e. The molecule has 0 saturated heterocycles. The highest BCUT2D eigenvalue weighted by atomic mass is 127. The molecule has 0 rings (SSSR count). The van der Waals surface area contributed by atoms with Crippen molar-refractivity contribution in [2.24, 2.45) is 4.74 Å². The van der Waals surface area contributed by atoms with Gasteiger partial charge >= 0.3 is 0 Å². The van der Waals surface area contributed by atoms with Crippen molar-refractivity contribution in [3.8, 4) is 0 Å². The zero-order chi connectivity index (χ0) is 3.41. The van der Waals surface area contributed by atoms with E-state index in [2.05, 4.69) is 36.4 Å². The van der Waals surface area contributed by atoms with Gasteiger partial charge in [0.05, 0.1) is 4.55 Å². The lowest BCUT2D eigenvalue weighted by molar-refractivity contribution is 1.49. The fraction of sp³-hybridized carbons (Fsp3) is 1.00. The molecular formula is CH3INP. The molecule has 24 valence electrons. The van der Waals surface area contributed by atoms with Crippen LogP contribution in [0.3, 0.4) is 0 Å². The van der Waals surface area contributed by atoms with Crippen LogP contribution in [-0.4, -0.2) is 4.55 Å². The maximum Gasteiger partial charge on any atom is 0.0944 e. The first-order valence-electron chi connectivity index (χ1n) is 0.807. The highest BCUT2D eigenvalue weighted by Crippen LogP contribution is 1.81. The molecule has 0 radical (unpaired) electrons. The van der Waals surface area contributed by atoms with Crippen LogP contribution < -0.4 is 0 Å². The number of rotatable bonds is 1. The second kappa shape index (κ2) is 3.83. The van der Waals surface area contributed by atoms with Crippen LogP contribution in [0.1, 0.15) is 0 Å². The molecule has 0 N–H and O–H groups in total. The largest absolute Gasteiger partial charge is 0.262 e. The molecule has 0 aromatic rings. The first-order chi connectivity index (χ1) is 1.91. The molecule has 0 atom stereocenters. The second-order valence-electron chi connectivity index (χ2n) is 0.278. The van der Waals surface area contributed by atoms with Crippen LogP contribution in [-0.2, 0) is 0 Å². The molecule has 4 heavy (non-hydrogen) atoms. The lowest BCUT2D eigenvalue weighted by atomic mass is 11.6.